The molecule has 29 heavy (non-hydrogen) atoms. The second-order valence-corrected chi connectivity index (χ2v) is 6.20. The third-order valence-electron chi connectivity index (χ3n) is 3.99. The highest BCUT2D eigenvalue weighted by Crippen LogP contribution is 2.29. The molecule has 0 fully saturated rings. The van der Waals surface area contributed by atoms with Crippen molar-refractivity contribution < 1.29 is 28.6 Å². The highest BCUT2D eigenvalue weighted by molar-refractivity contribution is 5.98. The third-order valence-corrected chi connectivity index (χ3v) is 3.99. The molecule has 0 radical (unpaired) electrons. The van der Waals surface area contributed by atoms with Gasteiger partial charge in [-0.2, -0.15) is 0 Å². The zero-order valence-electron chi connectivity index (χ0n) is 17.0. The first kappa shape index (κ1) is 21.9. The summed E-state index contributed by atoms with van der Waals surface area (Å²) in [5.74, 6) is -0.224. The number of benzene rings is 2. The van der Waals surface area contributed by atoms with Crippen molar-refractivity contribution in [3.8, 4) is 11.5 Å². The molecular weight excluding hydrogens is 374 g/mol. The molecule has 0 aliphatic rings. The number of hydrogen-bond donors (Lipinski definition) is 1. The van der Waals surface area contributed by atoms with Gasteiger partial charge in [0.05, 0.1) is 18.8 Å². The molecule has 0 spiro atoms. The fourth-order valence-electron chi connectivity index (χ4n) is 2.49. The fraction of sp³-hybridized carbons (Fsp3) is 0.318. The molecule has 2 aromatic carbocycles. The van der Waals surface area contributed by atoms with E-state index in [1.54, 1.807) is 36.4 Å². The molecule has 1 N–H and O–H groups in total. The van der Waals surface area contributed by atoms with Crippen LogP contribution >= 0.6 is 0 Å². The van der Waals surface area contributed by atoms with Crippen LogP contribution in [0.4, 0.5) is 5.69 Å². The maximum Gasteiger partial charge on any atom is 0.339 e. The number of Topliss-reactive ketones (excluding diaryl/α,β-unsaturated/α-hetero) is 1. The molecule has 154 valence electrons. The van der Waals surface area contributed by atoms with Crippen LogP contribution in [0.15, 0.2) is 42.5 Å². The number of ether oxygens (including phenoxy) is 3. The number of amides is 1. The number of rotatable bonds is 9. The van der Waals surface area contributed by atoms with E-state index >= 15 is 0 Å². The lowest BCUT2D eigenvalue weighted by Crippen LogP contribution is -2.30. The number of esters is 1. The molecule has 7 nitrogen and oxygen atoms in total. The van der Waals surface area contributed by atoms with E-state index in [4.69, 9.17) is 14.2 Å². The molecule has 1 unspecified atom stereocenters. The molecule has 0 aromatic heterocycles. The third kappa shape index (κ3) is 6.07. The fourth-order valence-corrected chi connectivity index (χ4v) is 2.49. The molecule has 2 aromatic rings. The highest BCUT2D eigenvalue weighted by atomic mass is 16.5. The quantitative estimate of drug-likeness (QED) is 0.508. The summed E-state index contributed by atoms with van der Waals surface area (Å²) in [6.45, 7) is 7.51. The minimum absolute atomic E-state index is 0.0630. The van der Waals surface area contributed by atoms with Crippen molar-refractivity contribution in [1.29, 1.82) is 0 Å². The van der Waals surface area contributed by atoms with E-state index in [-0.39, 0.29) is 11.3 Å². The van der Waals surface area contributed by atoms with Gasteiger partial charge in [-0.3, -0.25) is 9.59 Å². The molecule has 1 amide bonds. The van der Waals surface area contributed by atoms with Crippen LogP contribution < -0.4 is 14.8 Å². The van der Waals surface area contributed by atoms with Crippen molar-refractivity contribution in [2.75, 3.05) is 18.5 Å². The van der Waals surface area contributed by atoms with Crippen LogP contribution in [0, 0.1) is 0 Å². The van der Waals surface area contributed by atoms with Crippen LogP contribution in [-0.4, -0.2) is 37.0 Å². The maximum atomic E-state index is 12.4. The Hall–Kier alpha value is -3.35. The molecule has 2 rings (SSSR count). The number of hydrogen-bond acceptors (Lipinski definition) is 6. The molecule has 0 saturated carbocycles. The van der Waals surface area contributed by atoms with Crippen LogP contribution in [0.3, 0.4) is 0 Å². The maximum absolute atomic E-state index is 12.4. The molecular formula is C22H25NO6. The van der Waals surface area contributed by atoms with E-state index in [1.807, 2.05) is 13.8 Å². The summed E-state index contributed by atoms with van der Waals surface area (Å²) in [5, 5.41) is 2.65. The Labute approximate surface area is 170 Å². The minimum Gasteiger partial charge on any atom is -0.490 e. The van der Waals surface area contributed by atoms with E-state index < -0.39 is 18.0 Å². The Kier molecular flexibility index (Phi) is 7.77. The zero-order valence-corrected chi connectivity index (χ0v) is 17.0. The van der Waals surface area contributed by atoms with Gasteiger partial charge in [0.2, 0.25) is 0 Å². The number of carbonyl (C=O) groups excluding carboxylic acids is 3. The van der Waals surface area contributed by atoms with Gasteiger partial charge in [0, 0.05) is 11.3 Å². The Morgan fingerprint density at radius 1 is 0.897 bits per heavy atom. The molecule has 0 heterocycles. The van der Waals surface area contributed by atoms with Crippen molar-refractivity contribution in [3.63, 3.8) is 0 Å². The number of carbonyl (C=O) groups is 3. The summed E-state index contributed by atoms with van der Waals surface area (Å²) in [5.41, 5.74) is 1.30. The predicted octanol–water partition coefficient (Wildman–Crippen LogP) is 3.87. The summed E-state index contributed by atoms with van der Waals surface area (Å²) in [6.07, 6.45) is -1.02. The van der Waals surface area contributed by atoms with Crippen molar-refractivity contribution in [2.24, 2.45) is 0 Å². The first-order chi connectivity index (χ1) is 13.8. The largest absolute Gasteiger partial charge is 0.490 e. The number of nitrogens with one attached hydrogen (secondary N) is 1. The predicted molar refractivity (Wildman–Crippen MR) is 109 cm³/mol. The summed E-state index contributed by atoms with van der Waals surface area (Å²) in [6, 6.07) is 11.2. The molecule has 0 aliphatic heterocycles. The van der Waals surface area contributed by atoms with Crippen molar-refractivity contribution in [1.82, 2.24) is 0 Å². The lowest BCUT2D eigenvalue weighted by Gasteiger charge is -2.15. The molecule has 0 saturated heterocycles. The monoisotopic (exact) mass is 399 g/mol. The lowest BCUT2D eigenvalue weighted by molar-refractivity contribution is -0.123. The van der Waals surface area contributed by atoms with Crippen LogP contribution in [0.2, 0.25) is 0 Å². The first-order valence-corrected chi connectivity index (χ1v) is 9.38. The normalized spacial score (nSPS) is 11.3. The van der Waals surface area contributed by atoms with Crippen LogP contribution in [0.1, 0.15) is 48.4 Å². The van der Waals surface area contributed by atoms with Gasteiger partial charge in [0.1, 0.15) is 0 Å². The highest BCUT2D eigenvalue weighted by Gasteiger charge is 2.20. The van der Waals surface area contributed by atoms with Gasteiger partial charge in [-0.05, 0) is 70.2 Å². The Morgan fingerprint density at radius 2 is 1.48 bits per heavy atom. The van der Waals surface area contributed by atoms with Gasteiger partial charge in [0.15, 0.2) is 23.4 Å². The van der Waals surface area contributed by atoms with Gasteiger partial charge in [-0.1, -0.05) is 0 Å². The van der Waals surface area contributed by atoms with Gasteiger partial charge < -0.3 is 19.5 Å². The Bertz CT molecular complexity index is 875. The van der Waals surface area contributed by atoms with Crippen LogP contribution in [-0.2, 0) is 9.53 Å². The number of anilines is 1. The van der Waals surface area contributed by atoms with E-state index in [0.29, 0.717) is 36.0 Å². The zero-order chi connectivity index (χ0) is 21.4. The lowest BCUT2D eigenvalue weighted by atomic mass is 10.1. The van der Waals surface area contributed by atoms with Crippen molar-refractivity contribution in [2.45, 2.75) is 33.8 Å². The van der Waals surface area contributed by atoms with Gasteiger partial charge in [0.25, 0.3) is 5.91 Å². The smallest absolute Gasteiger partial charge is 0.339 e. The van der Waals surface area contributed by atoms with Crippen LogP contribution in [0.25, 0.3) is 0 Å². The molecule has 1 atom stereocenters. The van der Waals surface area contributed by atoms with Gasteiger partial charge in [-0.25, -0.2) is 4.79 Å². The van der Waals surface area contributed by atoms with E-state index in [1.165, 1.54) is 19.9 Å². The summed E-state index contributed by atoms with van der Waals surface area (Å²) < 4.78 is 16.2. The van der Waals surface area contributed by atoms with Crippen molar-refractivity contribution >= 4 is 23.3 Å². The van der Waals surface area contributed by atoms with E-state index in [9.17, 15) is 14.4 Å². The number of ketones is 1. The summed E-state index contributed by atoms with van der Waals surface area (Å²) in [4.78, 5) is 36.0. The van der Waals surface area contributed by atoms with Crippen molar-refractivity contribution in [3.05, 3.63) is 53.6 Å². The minimum atomic E-state index is -1.02. The van der Waals surface area contributed by atoms with E-state index in [0.717, 1.165) is 0 Å². The average Bonchev–Trinajstić information content (AvgIpc) is 2.69. The summed E-state index contributed by atoms with van der Waals surface area (Å²) >= 11 is 0. The second kappa shape index (κ2) is 10.3. The van der Waals surface area contributed by atoms with E-state index in [2.05, 4.69) is 5.32 Å². The molecule has 0 bridgehead atoms. The first-order valence-electron chi connectivity index (χ1n) is 9.38. The van der Waals surface area contributed by atoms with Gasteiger partial charge in [-0.15, -0.1) is 0 Å². The average molecular weight is 399 g/mol. The molecule has 7 heteroatoms. The Morgan fingerprint density at radius 3 is 2.07 bits per heavy atom. The topological polar surface area (TPSA) is 90.9 Å². The SMILES string of the molecule is CCOc1ccc(C(=O)OC(C)C(=O)Nc2ccc(C(C)=O)cc2)cc1OCC. The van der Waals surface area contributed by atoms with Crippen LogP contribution in [0.5, 0.6) is 11.5 Å². The second-order valence-electron chi connectivity index (χ2n) is 6.20. The molecule has 0 aliphatic carbocycles. The summed E-state index contributed by atoms with van der Waals surface area (Å²) in [7, 11) is 0. The van der Waals surface area contributed by atoms with Gasteiger partial charge >= 0.3 is 5.97 Å². The standard InChI is InChI=1S/C22H25NO6/c1-5-27-19-12-9-17(13-20(19)28-6-2)22(26)29-15(4)21(25)23-18-10-7-16(8-11-18)14(3)24/h7-13,15H,5-6H2,1-4H3,(H,23,25). The Balaban J connectivity index is 2.02.